The Hall–Kier alpha value is -2.74. The largest absolute Gasteiger partial charge is 0.473 e. The van der Waals surface area contributed by atoms with Gasteiger partial charge in [0.1, 0.15) is 18.4 Å². The highest BCUT2D eigenvalue weighted by Gasteiger charge is 2.13. The average molecular weight is 254 g/mol. The van der Waals surface area contributed by atoms with Gasteiger partial charge in [-0.2, -0.15) is 5.26 Å². The summed E-state index contributed by atoms with van der Waals surface area (Å²) in [5.74, 6) is 1.89. The number of nitriles is 1. The van der Waals surface area contributed by atoms with Gasteiger partial charge in [0, 0.05) is 6.07 Å². The topological polar surface area (TPSA) is 64.4 Å². The van der Waals surface area contributed by atoms with Crippen LogP contribution in [-0.2, 0) is 6.61 Å². The van der Waals surface area contributed by atoms with Crippen molar-refractivity contribution >= 4 is 0 Å². The second-order valence-electron chi connectivity index (χ2n) is 3.95. The summed E-state index contributed by atoms with van der Waals surface area (Å²) < 4.78 is 16.1. The molecular weight excluding hydrogens is 244 g/mol. The van der Waals surface area contributed by atoms with Gasteiger partial charge >= 0.3 is 0 Å². The van der Waals surface area contributed by atoms with Crippen LogP contribution in [0.2, 0.25) is 0 Å². The first kappa shape index (κ1) is 11.4. The number of pyridine rings is 1. The SMILES string of the molecule is N#Cc1cccc(OCc2ccc3c(c2)OCO3)n1. The lowest BCUT2D eigenvalue weighted by Gasteiger charge is -2.06. The number of ether oxygens (including phenoxy) is 3. The minimum absolute atomic E-state index is 0.255. The zero-order chi connectivity index (χ0) is 13.1. The van der Waals surface area contributed by atoms with Gasteiger partial charge in [-0.1, -0.05) is 12.1 Å². The van der Waals surface area contributed by atoms with E-state index in [9.17, 15) is 0 Å². The lowest BCUT2D eigenvalue weighted by Crippen LogP contribution is -1.98. The van der Waals surface area contributed by atoms with Crippen molar-refractivity contribution in [1.29, 1.82) is 5.26 Å². The lowest BCUT2D eigenvalue weighted by molar-refractivity contribution is 0.174. The van der Waals surface area contributed by atoms with Crippen molar-refractivity contribution in [3.05, 3.63) is 47.7 Å². The van der Waals surface area contributed by atoms with Gasteiger partial charge < -0.3 is 14.2 Å². The number of aromatic nitrogens is 1. The molecule has 0 saturated carbocycles. The molecule has 0 radical (unpaired) electrons. The molecule has 3 rings (SSSR count). The van der Waals surface area contributed by atoms with Crippen molar-refractivity contribution < 1.29 is 14.2 Å². The Morgan fingerprint density at radius 2 is 2.11 bits per heavy atom. The predicted molar refractivity (Wildman–Crippen MR) is 65.8 cm³/mol. The van der Waals surface area contributed by atoms with Crippen molar-refractivity contribution in [2.45, 2.75) is 6.61 Å². The van der Waals surface area contributed by atoms with Crippen molar-refractivity contribution in [2.24, 2.45) is 0 Å². The molecule has 0 saturated heterocycles. The standard InChI is InChI=1S/C14H10N2O3/c15-7-11-2-1-3-14(16-11)17-8-10-4-5-12-13(6-10)19-9-18-12/h1-6H,8-9H2. The van der Waals surface area contributed by atoms with Crippen LogP contribution < -0.4 is 14.2 Å². The van der Waals surface area contributed by atoms with Crippen LogP contribution in [0, 0.1) is 11.3 Å². The van der Waals surface area contributed by atoms with Gasteiger partial charge in [-0.15, -0.1) is 0 Å². The second kappa shape index (κ2) is 4.86. The number of hydrogen-bond acceptors (Lipinski definition) is 5. The van der Waals surface area contributed by atoms with Crippen LogP contribution in [0.25, 0.3) is 0 Å². The normalized spacial score (nSPS) is 11.9. The zero-order valence-electron chi connectivity index (χ0n) is 10.00. The zero-order valence-corrected chi connectivity index (χ0v) is 10.00. The molecule has 2 aromatic rings. The van der Waals surface area contributed by atoms with E-state index in [2.05, 4.69) is 4.98 Å². The third kappa shape index (κ3) is 2.43. The van der Waals surface area contributed by atoms with E-state index in [0.29, 0.717) is 18.2 Å². The highest BCUT2D eigenvalue weighted by Crippen LogP contribution is 2.32. The molecule has 0 N–H and O–H groups in total. The third-order valence-corrected chi connectivity index (χ3v) is 2.66. The van der Waals surface area contributed by atoms with Gasteiger partial charge in [0.25, 0.3) is 0 Å². The Balaban J connectivity index is 1.70. The van der Waals surface area contributed by atoms with E-state index in [-0.39, 0.29) is 6.79 Å². The fraction of sp³-hybridized carbons (Fsp3) is 0.143. The summed E-state index contributed by atoms with van der Waals surface area (Å²) in [5, 5.41) is 8.75. The molecule has 2 heterocycles. The number of hydrogen-bond donors (Lipinski definition) is 0. The molecule has 0 amide bonds. The molecule has 0 unspecified atom stereocenters. The first-order valence-electron chi connectivity index (χ1n) is 5.73. The van der Waals surface area contributed by atoms with Crippen molar-refractivity contribution in [3.8, 4) is 23.4 Å². The molecule has 19 heavy (non-hydrogen) atoms. The Morgan fingerprint density at radius 1 is 1.21 bits per heavy atom. The van der Waals surface area contributed by atoms with Gasteiger partial charge in [0.2, 0.25) is 12.7 Å². The maximum Gasteiger partial charge on any atom is 0.231 e. The fourth-order valence-electron chi connectivity index (χ4n) is 1.75. The molecule has 1 aliphatic rings. The van der Waals surface area contributed by atoms with E-state index >= 15 is 0 Å². The average Bonchev–Trinajstić information content (AvgIpc) is 2.93. The van der Waals surface area contributed by atoms with Crippen LogP contribution in [0.15, 0.2) is 36.4 Å². The summed E-state index contributed by atoms with van der Waals surface area (Å²) in [6.45, 7) is 0.615. The predicted octanol–water partition coefficient (Wildman–Crippen LogP) is 2.26. The highest BCUT2D eigenvalue weighted by molar-refractivity contribution is 5.44. The van der Waals surface area contributed by atoms with Gasteiger partial charge in [0.15, 0.2) is 11.5 Å². The van der Waals surface area contributed by atoms with Gasteiger partial charge in [-0.25, -0.2) is 4.98 Å². The molecule has 1 aromatic heterocycles. The highest BCUT2D eigenvalue weighted by atomic mass is 16.7. The van der Waals surface area contributed by atoms with Crippen LogP contribution in [-0.4, -0.2) is 11.8 Å². The minimum atomic E-state index is 0.255. The van der Waals surface area contributed by atoms with Crippen molar-refractivity contribution in [3.63, 3.8) is 0 Å². The second-order valence-corrected chi connectivity index (χ2v) is 3.95. The van der Waals surface area contributed by atoms with Gasteiger partial charge in [-0.3, -0.25) is 0 Å². The third-order valence-electron chi connectivity index (χ3n) is 2.66. The smallest absolute Gasteiger partial charge is 0.231 e. The van der Waals surface area contributed by atoms with E-state index in [4.69, 9.17) is 19.5 Å². The number of nitrogens with zero attached hydrogens (tertiary/aromatic N) is 2. The molecule has 1 aliphatic heterocycles. The maximum atomic E-state index is 8.75. The Kier molecular flexibility index (Phi) is 2.91. The van der Waals surface area contributed by atoms with E-state index in [1.54, 1.807) is 18.2 Å². The maximum absolute atomic E-state index is 8.75. The van der Waals surface area contributed by atoms with Gasteiger partial charge in [0.05, 0.1) is 0 Å². The van der Waals surface area contributed by atoms with Crippen LogP contribution in [0.4, 0.5) is 0 Å². The summed E-state index contributed by atoms with van der Waals surface area (Å²) in [5.41, 5.74) is 1.29. The van der Waals surface area contributed by atoms with Crippen LogP contribution in [0.5, 0.6) is 17.4 Å². The fourth-order valence-corrected chi connectivity index (χ4v) is 1.75. The van der Waals surface area contributed by atoms with Crippen LogP contribution in [0.3, 0.4) is 0 Å². The first-order valence-corrected chi connectivity index (χ1v) is 5.73. The number of fused-ring (bicyclic) bond motifs is 1. The molecule has 5 heteroatoms. The Bertz CT molecular complexity index is 649. The van der Waals surface area contributed by atoms with Crippen molar-refractivity contribution in [2.75, 3.05) is 6.79 Å². The summed E-state index contributed by atoms with van der Waals surface area (Å²) in [7, 11) is 0. The van der Waals surface area contributed by atoms with E-state index in [1.807, 2.05) is 24.3 Å². The molecule has 0 aliphatic carbocycles. The van der Waals surface area contributed by atoms with E-state index in [0.717, 1.165) is 17.1 Å². The van der Waals surface area contributed by atoms with Crippen LogP contribution >= 0.6 is 0 Å². The summed E-state index contributed by atoms with van der Waals surface area (Å²) in [4.78, 5) is 4.04. The molecule has 0 spiro atoms. The van der Waals surface area contributed by atoms with E-state index < -0.39 is 0 Å². The van der Waals surface area contributed by atoms with Gasteiger partial charge in [-0.05, 0) is 23.8 Å². The Morgan fingerprint density at radius 3 is 3.00 bits per heavy atom. The minimum Gasteiger partial charge on any atom is -0.473 e. The lowest BCUT2D eigenvalue weighted by atomic mass is 10.2. The summed E-state index contributed by atoms with van der Waals surface area (Å²) in [6, 6.07) is 12.7. The molecule has 0 atom stereocenters. The Labute approximate surface area is 110 Å². The quantitative estimate of drug-likeness (QED) is 0.840. The monoisotopic (exact) mass is 254 g/mol. The molecule has 0 fully saturated rings. The van der Waals surface area contributed by atoms with E-state index in [1.165, 1.54) is 0 Å². The molecule has 1 aromatic carbocycles. The molecule has 94 valence electrons. The number of benzene rings is 1. The van der Waals surface area contributed by atoms with Crippen LogP contribution in [0.1, 0.15) is 11.3 Å². The number of rotatable bonds is 3. The van der Waals surface area contributed by atoms with Crippen molar-refractivity contribution in [1.82, 2.24) is 4.98 Å². The summed E-state index contributed by atoms with van der Waals surface area (Å²) >= 11 is 0. The first-order chi connectivity index (χ1) is 9.35. The molecule has 0 bridgehead atoms. The molecular formula is C14H10N2O3. The molecule has 5 nitrogen and oxygen atoms in total. The summed E-state index contributed by atoms with van der Waals surface area (Å²) in [6.07, 6.45) is 0.